The molecule has 6 heteroatoms. The molecule has 1 amide bonds. The van der Waals surface area contributed by atoms with Crippen LogP contribution in [-0.2, 0) is 16.0 Å². The molecule has 1 unspecified atom stereocenters. The highest BCUT2D eigenvalue weighted by Crippen LogP contribution is 2.17. The number of ether oxygens (including phenoxy) is 2. The number of rotatable bonds is 8. The predicted octanol–water partition coefficient (Wildman–Crippen LogP) is 2.98. The van der Waals surface area contributed by atoms with E-state index in [-0.39, 0.29) is 12.5 Å². The fraction of sp³-hybridized carbons (Fsp3) is 0.263. The highest BCUT2D eigenvalue weighted by Gasteiger charge is 2.11. The highest BCUT2D eigenvalue weighted by molar-refractivity contribution is 5.91. The first-order valence-corrected chi connectivity index (χ1v) is 7.86. The minimum Gasteiger partial charge on any atom is -0.497 e. The third-order valence-corrected chi connectivity index (χ3v) is 3.63. The molecule has 0 bridgehead atoms. The number of hydrogen-bond donors (Lipinski definition) is 2. The molecule has 0 aliphatic heterocycles. The van der Waals surface area contributed by atoms with Gasteiger partial charge in [-0.1, -0.05) is 19.1 Å². The van der Waals surface area contributed by atoms with Crippen molar-refractivity contribution in [1.82, 2.24) is 0 Å². The van der Waals surface area contributed by atoms with Crippen molar-refractivity contribution >= 4 is 17.6 Å². The van der Waals surface area contributed by atoms with Crippen LogP contribution in [0.15, 0.2) is 48.5 Å². The second kappa shape index (κ2) is 8.73. The molecule has 0 aromatic heterocycles. The standard InChI is InChI=1S/C19H21NO5/c1-13(19(22)23)11-14-3-5-15(6-4-14)20-18(21)12-25-17-9-7-16(24-2)8-10-17/h3-10,13H,11-12H2,1-2H3,(H,20,21)(H,22,23). The zero-order chi connectivity index (χ0) is 18.2. The summed E-state index contributed by atoms with van der Waals surface area (Å²) in [5.74, 6) is -0.253. The van der Waals surface area contributed by atoms with Gasteiger partial charge >= 0.3 is 5.97 Å². The molecular formula is C19H21NO5. The van der Waals surface area contributed by atoms with Crippen LogP contribution >= 0.6 is 0 Å². The van der Waals surface area contributed by atoms with E-state index in [9.17, 15) is 9.59 Å². The van der Waals surface area contributed by atoms with Gasteiger partial charge in [-0.15, -0.1) is 0 Å². The molecule has 0 aliphatic carbocycles. The Morgan fingerprint density at radius 3 is 2.20 bits per heavy atom. The normalized spacial score (nSPS) is 11.4. The molecule has 0 fully saturated rings. The van der Waals surface area contributed by atoms with Crippen molar-refractivity contribution in [1.29, 1.82) is 0 Å². The van der Waals surface area contributed by atoms with E-state index in [0.29, 0.717) is 23.6 Å². The second-order valence-corrected chi connectivity index (χ2v) is 5.65. The number of amides is 1. The molecule has 0 saturated heterocycles. The van der Waals surface area contributed by atoms with Crippen LogP contribution in [0.25, 0.3) is 0 Å². The first-order valence-electron chi connectivity index (χ1n) is 7.86. The lowest BCUT2D eigenvalue weighted by Gasteiger charge is -2.10. The van der Waals surface area contributed by atoms with Crippen LogP contribution in [0, 0.1) is 5.92 Å². The Hall–Kier alpha value is -3.02. The first kappa shape index (κ1) is 18.3. The van der Waals surface area contributed by atoms with Gasteiger partial charge in [0.2, 0.25) is 0 Å². The summed E-state index contributed by atoms with van der Waals surface area (Å²) in [6.07, 6.45) is 0.449. The number of carbonyl (C=O) groups is 2. The Morgan fingerprint density at radius 1 is 1.04 bits per heavy atom. The lowest BCUT2D eigenvalue weighted by molar-refractivity contribution is -0.141. The number of nitrogens with one attached hydrogen (secondary N) is 1. The molecule has 0 radical (unpaired) electrons. The topological polar surface area (TPSA) is 84.9 Å². The molecule has 6 nitrogen and oxygen atoms in total. The lowest BCUT2D eigenvalue weighted by Crippen LogP contribution is -2.20. The summed E-state index contributed by atoms with van der Waals surface area (Å²) >= 11 is 0. The maximum atomic E-state index is 11.9. The van der Waals surface area contributed by atoms with Gasteiger partial charge in [-0.05, 0) is 48.4 Å². The summed E-state index contributed by atoms with van der Waals surface area (Å²) in [4.78, 5) is 22.8. The molecule has 0 heterocycles. The first-order chi connectivity index (χ1) is 12.0. The van der Waals surface area contributed by atoms with Gasteiger partial charge in [0.15, 0.2) is 6.61 Å². The van der Waals surface area contributed by atoms with Crippen molar-refractivity contribution in [3.8, 4) is 11.5 Å². The molecule has 0 spiro atoms. The van der Waals surface area contributed by atoms with Crippen LogP contribution < -0.4 is 14.8 Å². The van der Waals surface area contributed by atoms with Gasteiger partial charge in [0.25, 0.3) is 5.91 Å². The van der Waals surface area contributed by atoms with Crippen LogP contribution in [0.4, 0.5) is 5.69 Å². The summed E-state index contributed by atoms with van der Waals surface area (Å²) in [6, 6.07) is 14.1. The fourth-order valence-electron chi connectivity index (χ4n) is 2.18. The minimum atomic E-state index is -0.826. The molecule has 2 aromatic rings. The Labute approximate surface area is 146 Å². The molecule has 2 aromatic carbocycles. The summed E-state index contributed by atoms with van der Waals surface area (Å²) in [6.45, 7) is 1.55. The van der Waals surface area contributed by atoms with Crippen molar-refractivity contribution < 1.29 is 24.2 Å². The number of carboxylic acid groups (broad SMARTS) is 1. The van der Waals surface area contributed by atoms with Gasteiger partial charge in [-0.2, -0.15) is 0 Å². The summed E-state index contributed by atoms with van der Waals surface area (Å²) < 4.78 is 10.5. The minimum absolute atomic E-state index is 0.107. The Bertz CT molecular complexity index is 710. The number of carboxylic acids is 1. The van der Waals surface area contributed by atoms with Crippen molar-refractivity contribution in [2.45, 2.75) is 13.3 Å². The third kappa shape index (κ3) is 5.84. The van der Waals surface area contributed by atoms with Crippen molar-refractivity contribution in [3.05, 3.63) is 54.1 Å². The van der Waals surface area contributed by atoms with Gasteiger partial charge in [-0.3, -0.25) is 9.59 Å². The highest BCUT2D eigenvalue weighted by atomic mass is 16.5. The molecule has 1 atom stereocenters. The summed E-state index contributed by atoms with van der Waals surface area (Å²) in [5.41, 5.74) is 1.54. The van der Waals surface area contributed by atoms with E-state index >= 15 is 0 Å². The van der Waals surface area contributed by atoms with E-state index in [0.717, 1.165) is 5.56 Å². The lowest BCUT2D eigenvalue weighted by atomic mass is 10.0. The molecule has 132 valence electrons. The van der Waals surface area contributed by atoms with Gasteiger partial charge in [0.05, 0.1) is 13.0 Å². The Balaban J connectivity index is 1.82. The van der Waals surface area contributed by atoms with Crippen LogP contribution in [0.5, 0.6) is 11.5 Å². The number of anilines is 1. The number of aliphatic carboxylic acids is 1. The van der Waals surface area contributed by atoms with Crippen molar-refractivity contribution in [2.24, 2.45) is 5.92 Å². The molecule has 0 aliphatic rings. The van der Waals surface area contributed by atoms with Crippen LogP contribution in [-0.4, -0.2) is 30.7 Å². The van der Waals surface area contributed by atoms with Gasteiger partial charge in [0.1, 0.15) is 11.5 Å². The zero-order valence-corrected chi connectivity index (χ0v) is 14.2. The van der Waals surface area contributed by atoms with E-state index < -0.39 is 11.9 Å². The molecular weight excluding hydrogens is 322 g/mol. The van der Waals surface area contributed by atoms with Gasteiger partial charge in [0, 0.05) is 5.69 Å². The Morgan fingerprint density at radius 2 is 1.64 bits per heavy atom. The maximum absolute atomic E-state index is 11.9. The molecule has 2 rings (SSSR count). The fourth-order valence-corrected chi connectivity index (χ4v) is 2.18. The van der Waals surface area contributed by atoms with Crippen molar-refractivity contribution in [2.75, 3.05) is 19.0 Å². The van der Waals surface area contributed by atoms with Crippen LogP contribution in [0.3, 0.4) is 0 Å². The van der Waals surface area contributed by atoms with Gasteiger partial charge in [-0.25, -0.2) is 0 Å². The number of hydrogen-bond acceptors (Lipinski definition) is 4. The van der Waals surface area contributed by atoms with Crippen LogP contribution in [0.2, 0.25) is 0 Å². The summed E-state index contributed by atoms with van der Waals surface area (Å²) in [5, 5.41) is 11.7. The van der Waals surface area contributed by atoms with E-state index in [1.54, 1.807) is 62.6 Å². The van der Waals surface area contributed by atoms with E-state index in [1.165, 1.54) is 0 Å². The SMILES string of the molecule is COc1ccc(OCC(=O)Nc2ccc(CC(C)C(=O)O)cc2)cc1. The number of carbonyl (C=O) groups excluding carboxylic acids is 1. The van der Waals surface area contributed by atoms with E-state index in [4.69, 9.17) is 14.6 Å². The molecule has 2 N–H and O–H groups in total. The smallest absolute Gasteiger partial charge is 0.306 e. The van der Waals surface area contributed by atoms with E-state index in [1.807, 2.05) is 0 Å². The quantitative estimate of drug-likeness (QED) is 0.770. The molecule has 25 heavy (non-hydrogen) atoms. The number of methoxy groups -OCH3 is 1. The van der Waals surface area contributed by atoms with Crippen molar-refractivity contribution in [3.63, 3.8) is 0 Å². The average molecular weight is 343 g/mol. The molecule has 0 saturated carbocycles. The predicted molar refractivity (Wildman–Crippen MR) is 94.1 cm³/mol. The second-order valence-electron chi connectivity index (χ2n) is 5.65. The zero-order valence-electron chi connectivity index (χ0n) is 14.2. The average Bonchev–Trinajstić information content (AvgIpc) is 2.62. The number of benzene rings is 2. The van der Waals surface area contributed by atoms with Crippen LogP contribution in [0.1, 0.15) is 12.5 Å². The largest absolute Gasteiger partial charge is 0.497 e. The van der Waals surface area contributed by atoms with E-state index in [2.05, 4.69) is 5.32 Å². The third-order valence-electron chi connectivity index (χ3n) is 3.63. The maximum Gasteiger partial charge on any atom is 0.306 e. The monoisotopic (exact) mass is 343 g/mol. The Kier molecular flexibility index (Phi) is 6.39. The van der Waals surface area contributed by atoms with Gasteiger partial charge < -0.3 is 19.9 Å². The summed E-state index contributed by atoms with van der Waals surface area (Å²) in [7, 11) is 1.58.